The number of hydrogen-bond acceptors (Lipinski definition) is 6. The van der Waals surface area contributed by atoms with Gasteiger partial charge >= 0.3 is 17.9 Å². The number of carbonyl (C=O) groups is 3. The van der Waals surface area contributed by atoms with E-state index in [1.165, 1.54) is 141 Å². The van der Waals surface area contributed by atoms with Crippen LogP contribution in [0.15, 0.2) is 0 Å². The van der Waals surface area contributed by atoms with Crippen LogP contribution in [0.25, 0.3) is 0 Å². The molecule has 0 aromatic heterocycles. The van der Waals surface area contributed by atoms with E-state index in [2.05, 4.69) is 41.5 Å². The lowest BCUT2D eigenvalue weighted by molar-refractivity contribution is -0.167. The van der Waals surface area contributed by atoms with Crippen LogP contribution >= 0.6 is 0 Å². The second kappa shape index (κ2) is 40.6. The van der Waals surface area contributed by atoms with E-state index in [-0.39, 0.29) is 31.1 Å². The Kier molecular flexibility index (Phi) is 39.4. The van der Waals surface area contributed by atoms with Crippen LogP contribution in [0.3, 0.4) is 0 Å². The van der Waals surface area contributed by atoms with Crippen molar-refractivity contribution in [3.63, 3.8) is 0 Å². The van der Waals surface area contributed by atoms with Gasteiger partial charge in [-0.3, -0.25) is 14.4 Å². The molecule has 55 heavy (non-hydrogen) atoms. The van der Waals surface area contributed by atoms with E-state index in [9.17, 15) is 14.4 Å². The number of hydrogen-bond donors (Lipinski definition) is 0. The predicted molar refractivity (Wildman–Crippen MR) is 233 cm³/mol. The highest BCUT2D eigenvalue weighted by Gasteiger charge is 2.19. The third-order valence-corrected chi connectivity index (χ3v) is 11.3. The van der Waals surface area contributed by atoms with Crippen LogP contribution in [0, 0.1) is 17.8 Å². The molecular weight excluding hydrogens is 685 g/mol. The Balaban J connectivity index is 4.30. The fourth-order valence-corrected chi connectivity index (χ4v) is 7.20. The predicted octanol–water partition coefficient (Wildman–Crippen LogP) is 15.2. The van der Waals surface area contributed by atoms with E-state index in [0.717, 1.165) is 75.5 Å². The van der Waals surface area contributed by atoms with Crippen molar-refractivity contribution in [1.82, 2.24) is 0 Å². The summed E-state index contributed by atoms with van der Waals surface area (Å²) in [5.74, 6) is 1.59. The number of esters is 3. The molecular formula is C49H94O6. The maximum absolute atomic E-state index is 12.7. The molecule has 0 spiro atoms. The van der Waals surface area contributed by atoms with E-state index in [4.69, 9.17) is 14.2 Å². The first-order chi connectivity index (χ1) is 26.6. The highest BCUT2D eigenvalue weighted by atomic mass is 16.6. The molecule has 0 aromatic rings. The number of carbonyl (C=O) groups excluding carboxylic acids is 3. The van der Waals surface area contributed by atoms with Gasteiger partial charge < -0.3 is 14.2 Å². The normalized spacial score (nSPS) is 12.7. The topological polar surface area (TPSA) is 78.9 Å². The standard InChI is InChI=1S/C49H94O6/c1-7-45(6)37-31-25-21-22-27-33-39-48(51)54-42-46(55-49(52)40-34-28-20-16-15-18-24-30-36-44(4)5)41-53-47(50)38-32-26-19-14-12-10-8-9-11-13-17-23-29-35-43(2)3/h43-46H,7-42H2,1-6H3/t45?,46-/m0/s1. The summed E-state index contributed by atoms with van der Waals surface area (Å²) in [6, 6.07) is 0. The van der Waals surface area contributed by atoms with Gasteiger partial charge in [0, 0.05) is 19.3 Å². The monoisotopic (exact) mass is 779 g/mol. The maximum atomic E-state index is 12.7. The van der Waals surface area contributed by atoms with E-state index < -0.39 is 6.10 Å². The summed E-state index contributed by atoms with van der Waals surface area (Å²) < 4.78 is 16.7. The first-order valence-corrected chi connectivity index (χ1v) is 24.1. The quantitative estimate of drug-likeness (QED) is 0.0349. The third-order valence-electron chi connectivity index (χ3n) is 11.3. The molecule has 0 heterocycles. The van der Waals surface area contributed by atoms with Crippen molar-refractivity contribution in [3.05, 3.63) is 0 Å². The zero-order valence-corrected chi connectivity index (χ0v) is 37.7. The van der Waals surface area contributed by atoms with Crippen molar-refractivity contribution in [2.75, 3.05) is 13.2 Å². The Bertz CT molecular complexity index is 854. The zero-order valence-electron chi connectivity index (χ0n) is 37.7. The van der Waals surface area contributed by atoms with Crippen LogP contribution in [0.2, 0.25) is 0 Å². The van der Waals surface area contributed by atoms with Crippen molar-refractivity contribution < 1.29 is 28.6 Å². The molecule has 0 aliphatic carbocycles. The lowest BCUT2D eigenvalue weighted by Gasteiger charge is -2.18. The molecule has 0 rings (SSSR count). The molecule has 0 saturated carbocycles. The van der Waals surface area contributed by atoms with E-state index in [0.29, 0.717) is 19.3 Å². The summed E-state index contributed by atoms with van der Waals surface area (Å²) in [5, 5.41) is 0. The Hall–Kier alpha value is -1.59. The van der Waals surface area contributed by atoms with Gasteiger partial charge in [-0.25, -0.2) is 0 Å². The largest absolute Gasteiger partial charge is 0.462 e. The summed E-state index contributed by atoms with van der Waals surface area (Å²) in [7, 11) is 0. The highest BCUT2D eigenvalue weighted by Crippen LogP contribution is 2.17. The maximum Gasteiger partial charge on any atom is 0.306 e. The Morgan fingerprint density at radius 3 is 0.945 bits per heavy atom. The molecule has 0 fully saturated rings. The molecule has 0 radical (unpaired) electrons. The molecule has 0 amide bonds. The van der Waals surface area contributed by atoms with Gasteiger partial charge in [-0.15, -0.1) is 0 Å². The Labute approximate surface area is 342 Å². The molecule has 1 unspecified atom stereocenters. The third kappa shape index (κ3) is 41.9. The van der Waals surface area contributed by atoms with Crippen LogP contribution in [0.1, 0.15) is 260 Å². The van der Waals surface area contributed by atoms with Crippen molar-refractivity contribution in [3.8, 4) is 0 Å². The van der Waals surface area contributed by atoms with Gasteiger partial charge in [0.05, 0.1) is 0 Å². The summed E-state index contributed by atoms with van der Waals surface area (Å²) in [6.07, 6.45) is 38.1. The molecule has 0 aliphatic heterocycles. The molecule has 6 nitrogen and oxygen atoms in total. The summed E-state index contributed by atoms with van der Waals surface area (Å²) >= 11 is 0. The van der Waals surface area contributed by atoms with Crippen molar-refractivity contribution in [2.24, 2.45) is 17.8 Å². The Morgan fingerprint density at radius 2 is 0.636 bits per heavy atom. The molecule has 0 N–H and O–H groups in total. The average molecular weight is 779 g/mol. The van der Waals surface area contributed by atoms with Crippen LogP contribution in [-0.2, 0) is 28.6 Å². The van der Waals surface area contributed by atoms with Gasteiger partial charge in [0.2, 0.25) is 0 Å². The first-order valence-electron chi connectivity index (χ1n) is 24.1. The molecule has 0 aliphatic rings. The van der Waals surface area contributed by atoms with Gasteiger partial charge in [0.25, 0.3) is 0 Å². The van der Waals surface area contributed by atoms with Gasteiger partial charge in [-0.1, -0.05) is 221 Å². The molecule has 0 saturated heterocycles. The summed E-state index contributed by atoms with van der Waals surface area (Å²) in [5.41, 5.74) is 0. The minimum Gasteiger partial charge on any atom is -0.462 e. The second-order valence-corrected chi connectivity index (χ2v) is 17.9. The molecule has 0 bridgehead atoms. The zero-order chi connectivity index (χ0) is 40.6. The van der Waals surface area contributed by atoms with Crippen molar-refractivity contribution in [2.45, 2.75) is 266 Å². The minimum atomic E-state index is -0.762. The lowest BCUT2D eigenvalue weighted by atomic mass is 10.00. The average Bonchev–Trinajstić information content (AvgIpc) is 3.15. The summed E-state index contributed by atoms with van der Waals surface area (Å²) in [4.78, 5) is 37.8. The first kappa shape index (κ1) is 53.4. The molecule has 6 heteroatoms. The van der Waals surface area contributed by atoms with Gasteiger partial charge in [-0.2, -0.15) is 0 Å². The van der Waals surface area contributed by atoms with Crippen molar-refractivity contribution in [1.29, 1.82) is 0 Å². The highest BCUT2D eigenvalue weighted by molar-refractivity contribution is 5.71. The fourth-order valence-electron chi connectivity index (χ4n) is 7.20. The Morgan fingerprint density at radius 1 is 0.364 bits per heavy atom. The van der Waals surface area contributed by atoms with E-state index >= 15 is 0 Å². The van der Waals surface area contributed by atoms with E-state index in [1.807, 2.05) is 0 Å². The SMILES string of the molecule is CCC(C)CCCCCCCCC(=O)OC[C@H](COC(=O)CCCCCCCCCCCCCCCC(C)C)OC(=O)CCCCCCCCCCC(C)C. The summed E-state index contributed by atoms with van der Waals surface area (Å²) in [6.45, 7) is 13.6. The smallest absolute Gasteiger partial charge is 0.306 e. The molecule has 0 aromatic carbocycles. The van der Waals surface area contributed by atoms with Crippen LogP contribution in [0.4, 0.5) is 0 Å². The van der Waals surface area contributed by atoms with Crippen molar-refractivity contribution >= 4 is 17.9 Å². The fraction of sp³-hybridized carbons (Fsp3) is 0.939. The van der Waals surface area contributed by atoms with Gasteiger partial charge in [0.15, 0.2) is 6.10 Å². The van der Waals surface area contributed by atoms with Crippen LogP contribution in [-0.4, -0.2) is 37.2 Å². The number of unbranched alkanes of at least 4 members (excludes halogenated alkanes) is 24. The second-order valence-electron chi connectivity index (χ2n) is 17.9. The van der Waals surface area contributed by atoms with E-state index in [1.54, 1.807) is 0 Å². The number of rotatable bonds is 42. The minimum absolute atomic E-state index is 0.0662. The van der Waals surface area contributed by atoms with Gasteiger partial charge in [0.1, 0.15) is 13.2 Å². The van der Waals surface area contributed by atoms with Gasteiger partial charge in [-0.05, 0) is 37.0 Å². The number of ether oxygens (including phenoxy) is 3. The lowest BCUT2D eigenvalue weighted by Crippen LogP contribution is -2.30. The molecule has 326 valence electrons. The molecule has 2 atom stereocenters. The van der Waals surface area contributed by atoms with Crippen LogP contribution < -0.4 is 0 Å². The van der Waals surface area contributed by atoms with Crippen LogP contribution in [0.5, 0.6) is 0 Å².